The van der Waals surface area contributed by atoms with Crippen LogP contribution in [0.25, 0.3) is 0 Å². The average molecular weight is 228 g/mol. The molecule has 1 aliphatic rings. The quantitative estimate of drug-likeness (QED) is 0.573. The van der Waals surface area contributed by atoms with Crippen LogP contribution in [-0.2, 0) is 0 Å². The number of nitrogens with zero attached hydrogens (tertiary/aromatic N) is 2. The molecule has 0 amide bonds. The van der Waals surface area contributed by atoms with Crippen LogP contribution in [0.1, 0.15) is 25.3 Å². The van der Waals surface area contributed by atoms with Crippen molar-refractivity contribution in [2.24, 2.45) is 0 Å². The number of halogens is 3. The first kappa shape index (κ1) is 12.8. The van der Waals surface area contributed by atoms with E-state index in [0.717, 1.165) is 31.7 Å². The zero-order valence-electron chi connectivity index (χ0n) is 7.96. The van der Waals surface area contributed by atoms with Gasteiger partial charge in [0.25, 0.3) is 0 Å². The van der Waals surface area contributed by atoms with Crippen molar-refractivity contribution in [1.29, 1.82) is 0 Å². The molecule has 2 nitrogen and oxygen atoms in total. The standard InChI is InChI=1S/C7H9BF3N2.K/c9-8(10,11)6-4-12-13(5-6)7-2-1-3-7;/h4-5,7H,1-3H2;/q-1;+1. The predicted octanol–water partition coefficient (Wildman–Crippen LogP) is -1.33. The molecule has 1 saturated carbocycles. The van der Waals surface area contributed by atoms with Gasteiger partial charge in [0.15, 0.2) is 0 Å². The number of aromatic nitrogens is 2. The van der Waals surface area contributed by atoms with Gasteiger partial charge in [0.2, 0.25) is 0 Å². The van der Waals surface area contributed by atoms with Crippen molar-refractivity contribution in [3.63, 3.8) is 0 Å². The molecule has 72 valence electrons. The summed E-state index contributed by atoms with van der Waals surface area (Å²) in [4.78, 5) is 0. The second-order valence-corrected chi connectivity index (χ2v) is 3.41. The van der Waals surface area contributed by atoms with Gasteiger partial charge in [0.1, 0.15) is 0 Å². The second kappa shape index (κ2) is 4.69. The summed E-state index contributed by atoms with van der Waals surface area (Å²) in [5.74, 6) is 0. The summed E-state index contributed by atoms with van der Waals surface area (Å²) in [6.07, 6.45) is 5.02. The second-order valence-electron chi connectivity index (χ2n) is 3.41. The Morgan fingerprint density at radius 1 is 1.36 bits per heavy atom. The molecule has 0 bridgehead atoms. The fourth-order valence-electron chi connectivity index (χ4n) is 1.37. The van der Waals surface area contributed by atoms with Crippen molar-refractivity contribution < 1.29 is 64.3 Å². The molecule has 1 fully saturated rings. The van der Waals surface area contributed by atoms with Crippen molar-refractivity contribution in [1.82, 2.24) is 9.78 Å². The molecule has 1 aliphatic carbocycles. The molecule has 1 aromatic rings. The molecule has 1 aromatic heterocycles. The van der Waals surface area contributed by atoms with Gasteiger partial charge in [-0.05, 0) is 25.5 Å². The van der Waals surface area contributed by atoms with Gasteiger partial charge in [0, 0.05) is 6.20 Å². The third-order valence-electron chi connectivity index (χ3n) is 2.45. The van der Waals surface area contributed by atoms with Gasteiger partial charge in [-0.15, -0.1) is 0 Å². The van der Waals surface area contributed by atoms with Crippen LogP contribution in [-0.4, -0.2) is 16.8 Å². The van der Waals surface area contributed by atoms with Crippen molar-refractivity contribution in [2.75, 3.05) is 0 Å². The van der Waals surface area contributed by atoms with Crippen molar-refractivity contribution in [2.45, 2.75) is 25.3 Å². The Balaban J connectivity index is 0.000000980. The van der Waals surface area contributed by atoms with Crippen molar-refractivity contribution in [3.8, 4) is 0 Å². The summed E-state index contributed by atoms with van der Waals surface area (Å²) in [6.45, 7) is -4.88. The Labute approximate surface area is 123 Å². The van der Waals surface area contributed by atoms with Gasteiger partial charge < -0.3 is 12.9 Å². The zero-order valence-corrected chi connectivity index (χ0v) is 11.1. The maximum atomic E-state index is 12.2. The van der Waals surface area contributed by atoms with Crippen molar-refractivity contribution >= 4 is 12.4 Å². The summed E-state index contributed by atoms with van der Waals surface area (Å²) in [5.41, 5.74) is -0.591. The van der Waals surface area contributed by atoms with Gasteiger partial charge in [-0.25, -0.2) is 0 Å². The van der Waals surface area contributed by atoms with E-state index >= 15 is 0 Å². The Kier molecular flexibility index (Phi) is 4.28. The molecule has 0 saturated heterocycles. The normalized spacial score (nSPS) is 17.4. The van der Waals surface area contributed by atoms with E-state index in [1.165, 1.54) is 4.68 Å². The first-order valence-electron chi connectivity index (χ1n) is 4.31. The molecule has 0 spiro atoms. The van der Waals surface area contributed by atoms with E-state index in [1.807, 2.05) is 0 Å². The van der Waals surface area contributed by atoms with Crippen LogP contribution < -0.4 is 56.8 Å². The molecule has 1 heterocycles. The van der Waals surface area contributed by atoms with Crippen LogP contribution in [0.5, 0.6) is 0 Å². The first-order valence-corrected chi connectivity index (χ1v) is 4.31. The Morgan fingerprint density at radius 2 is 2.00 bits per heavy atom. The molecular weight excluding hydrogens is 219 g/mol. The molecule has 2 rings (SSSR count). The molecule has 14 heavy (non-hydrogen) atoms. The first-order chi connectivity index (χ1) is 6.07. The summed E-state index contributed by atoms with van der Waals surface area (Å²) in [5, 5.41) is 3.72. The topological polar surface area (TPSA) is 17.8 Å². The maximum Gasteiger partial charge on any atom is 1.00 e. The minimum atomic E-state index is -4.88. The fraction of sp³-hybridized carbons (Fsp3) is 0.571. The van der Waals surface area contributed by atoms with Gasteiger partial charge in [-0.2, -0.15) is 5.10 Å². The van der Waals surface area contributed by atoms with Crippen molar-refractivity contribution in [3.05, 3.63) is 12.4 Å². The molecular formula is C7H9BF3KN2. The molecule has 0 aromatic carbocycles. The summed E-state index contributed by atoms with van der Waals surface area (Å²) >= 11 is 0. The minimum Gasteiger partial charge on any atom is -0.445 e. The van der Waals surface area contributed by atoms with E-state index in [1.54, 1.807) is 0 Å². The van der Waals surface area contributed by atoms with Crippen LogP contribution in [0.2, 0.25) is 0 Å². The smallest absolute Gasteiger partial charge is 0.445 e. The van der Waals surface area contributed by atoms with E-state index < -0.39 is 12.4 Å². The Hall–Kier alpha value is 0.701. The summed E-state index contributed by atoms with van der Waals surface area (Å²) in [7, 11) is 0. The minimum absolute atomic E-state index is 0. The third kappa shape index (κ3) is 2.63. The molecule has 0 N–H and O–H groups in total. The van der Waals surface area contributed by atoms with Gasteiger partial charge in [-0.1, -0.05) is 5.46 Å². The number of rotatable bonds is 2. The van der Waals surface area contributed by atoms with Crippen LogP contribution in [0, 0.1) is 0 Å². The molecule has 0 aliphatic heterocycles. The molecule has 0 unspecified atom stereocenters. The monoisotopic (exact) mass is 228 g/mol. The average Bonchev–Trinajstić information content (AvgIpc) is 2.29. The Bertz CT molecular complexity index is 308. The predicted molar refractivity (Wildman–Crippen MR) is 43.8 cm³/mol. The summed E-state index contributed by atoms with van der Waals surface area (Å²) in [6, 6.07) is 0.201. The molecule has 0 atom stereocenters. The van der Waals surface area contributed by atoms with Gasteiger partial charge >= 0.3 is 58.4 Å². The van der Waals surface area contributed by atoms with E-state index in [-0.39, 0.29) is 57.4 Å². The number of hydrogen-bond donors (Lipinski definition) is 0. The van der Waals surface area contributed by atoms with Crippen LogP contribution in [0.15, 0.2) is 12.4 Å². The van der Waals surface area contributed by atoms with Crippen LogP contribution >= 0.6 is 0 Å². The zero-order chi connectivity index (χ0) is 9.47. The van der Waals surface area contributed by atoms with Crippen LogP contribution in [0.4, 0.5) is 12.9 Å². The fourth-order valence-corrected chi connectivity index (χ4v) is 1.37. The number of hydrogen-bond acceptors (Lipinski definition) is 1. The molecule has 0 radical (unpaired) electrons. The van der Waals surface area contributed by atoms with E-state index in [4.69, 9.17) is 0 Å². The van der Waals surface area contributed by atoms with Gasteiger partial charge in [-0.3, -0.25) is 4.68 Å². The third-order valence-corrected chi connectivity index (χ3v) is 2.45. The summed E-state index contributed by atoms with van der Waals surface area (Å²) < 4.78 is 38.0. The van der Waals surface area contributed by atoms with Gasteiger partial charge in [0.05, 0.1) is 6.04 Å². The van der Waals surface area contributed by atoms with Crippen LogP contribution in [0.3, 0.4) is 0 Å². The largest absolute Gasteiger partial charge is 1.00 e. The maximum absolute atomic E-state index is 12.2. The van der Waals surface area contributed by atoms with E-state index in [9.17, 15) is 12.9 Å². The van der Waals surface area contributed by atoms with E-state index in [2.05, 4.69) is 5.10 Å². The van der Waals surface area contributed by atoms with E-state index in [0.29, 0.717) is 0 Å². The SMILES string of the molecule is F[B-](F)(F)c1cnn(C2CCC2)c1.[K+]. The molecule has 7 heteroatoms. The Morgan fingerprint density at radius 3 is 2.36 bits per heavy atom.